The van der Waals surface area contributed by atoms with E-state index in [1.807, 2.05) is 11.8 Å². The third-order valence-electron chi connectivity index (χ3n) is 2.83. The lowest BCUT2D eigenvalue weighted by molar-refractivity contribution is -0.0109. The summed E-state index contributed by atoms with van der Waals surface area (Å²) in [5.41, 5.74) is 5.96. The molecule has 1 aliphatic heterocycles. The van der Waals surface area contributed by atoms with Crippen molar-refractivity contribution in [3.05, 3.63) is 17.8 Å². The topological polar surface area (TPSA) is 64.3 Å². The average molecular weight is 240 g/mol. The number of nitrogens with zero attached hydrogens (tertiary/aromatic N) is 3. The molecule has 0 amide bonds. The number of rotatable bonds is 2. The van der Waals surface area contributed by atoms with Crippen LogP contribution in [0.25, 0.3) is 0 Å². The van der Waals surface area contributed by atoms with Crippen LogP contribution in [0, 0.1) is 12.7 Å². The third-order valence-corrected chi connectivity index (χ3v) is 2.83. The van der Waals surface area contributed by atoms with Gasteiger partial charge in [0.1, 0.15) is 6.33 Å². The maximum Gasteiger partial charge on any atom is 0.186 e. The molecule has 94 valence electrons. The minimum absolute atomic E-state index is 0.0203. The van der Waals surface area contributed by atoms with Crippen molar-refractivity contribution in [3.8, 4) is 0 Å². The monoisotopic (exact) mass is 240 g/mol. The highest BCUT2D eigenvalue weighted by atomic mass is 19.1. The summed E-state index contributed by atoms with van der Waals surface area (Å²) in [7, 11) is 0. The molecule has 2 heterocycles. The number of nitrogens with two attached hydrogens (primary N) is 1. The Bertz CT molecular complexity index is 401. The van der Waals surface area contributed by atoms with Gasteiger partial charge in [0.15, 0.2) is 11.6 Å². The second kappa shape index (κ2) is 4.93. The molecular weight excluding hydrogens is 223 g/mol. The van der Waals surface area contributed by atoms with Crippen LogP contribution in [-0.4, -0.2) is 41.8 Å². The summed E-state index contributed by atoms with van der Waals surface area (Å²) in [6.07, 6.45) is 1.33. The molecule has 6 heteroatoms. The minimum Gasteiger partial charge on any atom is -0.370 e. The minimum atomic E-state index is -0.364. The van der Waals surface area contributed by atoms with Crippen LogP contribution in [0.1, 0.15) is 12.6 Å². The Morgan fingerprint density at radius 2 is 2.29 bits per heavy atom. The first-order chi connectivity index (χ1) is 8.11. The van der Waals surface area contributed by atoms with Crippen molar-refractivity contribution in [2.75, 3.05) is 24.5 Å². The van der Waals surface area contributed by atoms with E-state index in [9.17, 15) is 4.39 Å². The van der Waals surface area contributed by atoms with Crippen molar-refractivity contribution in [2.24, 2.45) is 5.73 Å². The molecule has 1 aromatic rings. The van der Waals surface area contributed by atoms with Crippen molar-refractivity contribution in [1.82, 2.24) is 9.97 Å². The number of anilines is 1. The molecule has 1 aliphatic rings. The fourth-order valence-corrected chi connectivity index (χ4v) is 2.01. The van der Waals surface area contributed by atoms with Crippen LogP contribution in [0.4, 0.5) is 10.2 Å². The number of aryl methyl sites for hydroxylation is 1. The molecule has 0 aromatic carbocycles. The summed E-state index contributed by atoms with van der Waals surface area (Å²) in [4.78, 5) is 9.70. The van der Waals surface area contributed by atoms with Crippen LogP contribution in [0.5, 0.6) is 0 Å². The highest BCUT2D eigenvalue weighted by Gasteiger charge is 2.27. The zero-order valence-corrected chi connectivity index (χ0v) is 10.1. The smallest absolute Gasteiger partial charge is 0.186 e. The number of hydrogen-bond donors (Lipinski definition) is 1. The van der Waals surface area contributed by atoms with E-state index in [4.69, 9.17) is 10.5 Å². The molecule has 0 spiro atoms. The normalized spacial score (nSPS) is 25.1. The highest BCUT2D eigenvalue weighted by molar-refractivity contribution is 5.41. The van der Waals surface area contributed by atoms with Crippen LogP contribution in [0.2, 0.25) is 0 Å². The van der Waals surface area contributed by atoms with E-state index in [2.05, 4.69) is 9.97 Å². The summed E-state index contributed by atoms with van der Waals surface area (Å²) in [5, 5.41) is 0. The van der Waals surface area contributed by atoms with Gasteiger partial charge in [0.05, 0.1) is 17.9 Å². The molecule has 2 atom stereocenters. The van der Waals surface area contributed by atoms with Gasteiger partial charge in [0, 0.05) is 19.6 Å². The lowest BCUT2D eigenvalue weighted by atomic mass is 10.2. The van der Waals surface area contributed by atoms with Crippen molar-refractivity contribution < 1.29 is 9.13 Å². The predicted molar refractivity (Wildman–Crippen MR) is 62.3 cm³/mol. The van der Waals surface area contributed by atoms with Gasteiger partial charge < -0.3 is 15.4 Å². The van der Waals surface area contributed by atoms with E-state index in [0.717, 1.165) is 0 Å². The number of morpholine rings is 1. The van der Waals surface area contributed by atoms with Crippen LogP contribution in [0.3, 0.4) is 0 Å². The number of aromatic nitrogens is 2. The molecular formula is C11H17FN4O. The first kappa shape index (κ1) is 12.2. The van der Waals surface area contributed by atoms with Gasteiger partial charge in [-0.05, 0) is 13.8 Å². The maximum atomic E-state index is 13.9. The molecule has 1 saturated heterocycles. The fraction of sp³-hybridized carbons (Fsp3) is 0.636. The first-order valence-electron chi connectivity index (χ1n) is 5.69. The molecule has 0 radical (unpaired) electrons. The van der Waals surface area contributed by atoms with Crippen LogP contribution >= 0.6 is 0 Å². The second-order valence-corrected chi connectivity index (χ2v) is 4.31. The fourth-order valence-electron chi connectivity index (χ4n) is 2.01. The molecule has 1 aromatic heterocycles. The Labute approximate surface area is 99.8 Å². The molecule has 1 fully saturated rings. The molecule has 2 N–H and O–H groups in total. The van der Waals surface area contributed by atoms with Crippen molar-refractivity contribution in [1.29, 1.82) is 0 Å². The van der Waals surface area contributed by atoms with Gasteiger partial charge in [-0.25, -0.2) is 14.4 Å². The Balaban J connectivity index is 2.23. The van der Waals surface area contributed by atoms with Gasteiger partial charge in [-0.3, -0.25) is 0 Å². The molecule has 0 bridgehead atoms. The third kappa shape index (κ3) is 2.53. The highest BCUT2D eigenvalue weighted by Crippen LogP contribution is 2.21. The van der Waals surface area contributed by atoms with Gasteiger partial charge in [-0.1, -0.05) is 0 Å². The van der Waals surface area contributed by atoms with E-state index in [1.54, 1.807) is 6.92 Å². The lowest BCUT2D eigenvalue weighted by Crippen LogP contribution is -2.50. The summed E-state index contributed by atoms with van der Waals surface area (Å²) in [6.45, 7) is 5.18. The van der Waals surface area contributed by atoms with Crippen molar-refractivity contribution in [3.63, 3.8) is 0 Å². The number of ether oxygens (including phenoxy) is 1. The van der Waals surface area contributed by atoms with Gasteiger partial charge in [0.2, 0.25) is 0 Å². The van der Waals surface area contributed by atoms with Crippen molar-refractivity contribution in [2.45, 2.75) is 26.1 Å². The van der Waals surface area contributed by atoms with Gasteiger partial charge in [-0.2, -0.15) is 0 Å². The van der Waals surface area contributed by atoms with Gasteiger partial charge in [0.25, 0.3) is 0 Å². The zero-order valence-electron chi connectivity index (χ0n) is 10.1. The summed E-state index contributed by atoms with van der Waals surface area (Å²) in [5.74, 6) is -0.0246. The van der Waals surface area contributed by atoms with Gasteiger partial charge >= 0.3 is 0 Å². The first-order valence-corrected chi connectivity index (χ1v) is 5.69. The largest absolute Gasteiger partial charge is 0.370 e. The molecule has 2 rings (SSSR count). The van der Waals surface area contributed by atoms with E-state index < -0.39 is 0 Å². The number of hydrogen-bond acceptors (Lipinski definition) is 5. The van der Waals surface area contributed by atoms with E-state index in [-0.39, 0.29) is 18.0 Å². The predicted octanol–water partition coefficient (Wildman–Crippen LogP) is 0.477. The van der Waals surface area contributed by atoms with E-state index >= 15 is 0 Å². The molecule has 17 heavy (non-hydrogen) atoms. The second-order valence-electron chi connectivity index (χ2n) is 4.31. The molecule has 0 aliphatic carbocycles. The zero-order chi connectivity index (χ0) is 12.4. The van der Waals surface area contributed by atoms with Crippen LogP contribution in [-0.2, 0) is 4.74 Å². The summed E-state index contributed by atoms with van der Waals surface area (Å²) < 4.78 is 19.5. The summed E-state index contributed by atoms with van der Waals surface area (Å²) >= 11 is 0. The Kier molecular flexibility index (Phi) is 3.54. The Hall–Kier alpha value is -1.27. The Morgan fingerprint density at radius 3 is 3.00 bits per heavy atom. The van der Waals surface area contributed by atoms with E-state index in [1.165, 1.54) is 6.33 Å². The molecule has 0 saturated carbocycles. The summed E-state index contributed by atoms with van der Waals surface area (Å²) in [6, 6.07) is 0. The molecule has 5 nitrogen and oxygen atoms in total. The average Bonchev–Trinajstić information content (AvgIpc) is 2.31. The quantitative estimate of drug-likeness (QED) is 0.814. The van der Waals surface area contributed by atoms with Crippen LogP contribution in [0.15, 0.2) is 6.33 Å². The van der Waals surface area contributed by atoms with Crippen LogP contribution < -0.4 is 10.6 Å². The standard InChI is InChI=1S/C11H17FN4O/c1-7-4-16(5-9(3-13)17-7)11-10(12)8(2)14-6-15-11/h6-7,9H,3-5,13H2,1-2H3. The maximum absolute atomic E-state index is 13.9. The Morgan fingerprint density at radius 1 is 1.53 bits per heavy atom. The lowest BCUT2D eigenvalue weighted by Gasteiger charge is -2.37. The van der Waals surface area contributed by atoms with Crippen molar-refractivity contribution >= 4 is 5.82 Å². The van der Waals surface area contributed by atoms with E-state index in [0.29, 0.717) is 31.1 Å². The number of halogens is 1. The molecule has 2 unspecified atom stereocenters. The SMILES string of the molecule is Cc1ncnc(N2CC(C)OC(CN)C2)c1F. The van der Waals surface area contributed by atoms with Gasteiger partial charge in [-0.15, -0.1) is 0 Å².